The fourth-order valence-corrected chi connectivity index (χ4v) is 1.64. The minimum atomic E-state index is -0.556. The van der Waals surface area contributed by atoms with Crippen LogP contribution in [0.1, 0.15) is 41.1 Å². The van der Waals surface area contributed by atoms with Gasteiger partial charge in [-0.25, -0.2) is 0 Å². The predicted molar refractivity (Wildman–Crippen MR) is 73.7 cm³/mol. The molecule has 0 aromatic carbocycles. The van der Waals surface area contributed by atoms with Crippen LogP contribution in [0.25, 0.3) is 0 Å². The second-order valence-corrected chi connectivity index (χ2v) is 5.09. The van der Waals surface area contributed by atoms with E-state index >= 15 is 0 Å². The van der Waals surface area contributed by atoms with Gasteiger partial charge >= 0.3 is 0 Å². The summed E-state index contributed by atoms with van der Waals surface area (Å²) >= 11 is 0. The number of nitrogens with two attached hydrogens (primary N) is 2. The van der Waals surface area contributed by atoms with E-state index in [1.807, 2.05) is 0 Å². The summed E-state index contributed by atoms with van der Waals surface area (Å²) in [4.78, 5) is 27.4. The lowest BCUT2D eigenvalue weighted by molar-refractivity contribution is 0.0784. The summed E-state index contributed by atoms with van der Waals surface area (Å²) in [6.45, 7) is 4.68. The Morgan fingerprint density at radius 1 is 1.42 bits per heavy atom. The van der Waals surface area contributed by atoms with Crippen LogP contribution in [-0.2, 0) is 0 Å². The molecule has 1 unspecified atom stereocenters. The highest BCUT2D eigenvalue weighted by molar-refractivity contribution is 5.98. The molecule has 0 saturated heterocycles. The van der Waals surface area contributed by atoms with Gasteiger partial charge in [0.25, 0.3) is 5.91 Å². The number of nitrogens with zero attached hydrogens (tertiary/aromatic N) is 1. The zero-order valence-corrected chi connectivity index (χ0v) is 11.6. The molecule has 0 saturated carbocycles. The number of carbonyl (C=O) groups is 2. The fraction of sp³-hybridized carbons (Fsp3) is 0.538. The van der Waals surface area contributed by atoms with Crippen molar-refractivity contribution in [3.05, 3.63) is 23.5 Å². The lowest BCUT2D eigenvalue weighted by Gasteiger charge is -2.21. The van der Waals surface area contributed by atoms with Crippen LogP contribution < -0.4 is 11.5 Å². The molecule has 0 aliphatic carbocycles. The molecule has 0 radical (unpaired) electrons. The van der Waals surface area contributed by atoms with Crippen molar-refractivity contribution in [2.45, 2.75) is 26.3 Å². The highest BCUT2D eigenvalue weighted by Crippen LogP contribution is 2.08. The first-order chi connectivity index (χ1) is 8.82. The molecule has 5 N–H and O–H groups in total. The highest BCUT2D eigenvalue weighted by atomic mass is 16.2. The Labute approximate surface area is 113 Å². The maximum atomic E-state index is 12.1. The number of aromatic amines is 1. The maximum Gasteiger partial charge on any atom is 0.270 e. The zero-order chi connectivity index (χ0) is 14.6. The molecule has 1 aromatic rings. The van der Waals surface area contributed by atoms with Crippen molar-refractivity contribution >= 4 is 11.8 Å². The van der Waals surface area contributed by atoms with Gasteiger partial charge in [-0.2, -0.15) is 0 Å². The molecular formula is C13H22N4O2. The highest BCUT2D eigenvalue weighted by Gasteiger charge is 2.16. The molecule has 2 amide bonds. The molecular weight excluding hydrogens is 244 g/mol. The Morgan fingerprint density at radius 3 is 2.53 bits per heavy atom. The van der Waals surface area contributed by atoms with Gasteiger partial charge in [0.1, 0.15) is 5.69 Å². The van der Waals surface area contributed by atoms with E-state index < -0.39 is 5.91 Å². The van der Waals surface area contributed by atoms with E-state index in [-0.39, 0.29) is 11.9 Å². The first-order valence-corrected chi connectivity index (χ1v) is 6.32. The molecule has 1 atom stereocenters. The van der Waals surface area contributed by atoms with E-state index in [9.17, 15) is 9.59 Å². The fourth-order valence-electron chi connectivity index (χ4n) is 1.64. The number of hydrogen-bond acceptors (Lipinski definition) is 3. The average molecular weight is 266 g/mol. The van der Waals surface area contributed by atoms with Crippen molar-refractivity contribution in [2.75, 3.05) is 13.6 Å². The molecule has 1 heterocycles. The van der Waals surface area contributed by atoms with E-state index in [2.05, 4.69) is 18.8 Å². The van der Waals surface area contributed by atoms with Gasteiger partial charge in [-0.05, 0) is 18.4 Å². The van der Waals surface area contributed by atoms with Crippen molar-refractivity contribution < 1.29 is 9.59 Å². The average Bonchev–Trinajstić information content (AvgIpc) is 2.83. The van der Waals surface area contributed by atoms with Gasteiger partial charge in [-0.3, -0.25) is 9.59 Å². The quantitative estimate of drug-likeness (QED) is 0.700. The van der Waals surface area contributed by atoms with Crippen molar-refractivity contribution in [3.63, 3.8) is 0 Å². The molecule has 6 nitrogen and oxygen atoms in total. The van der Waals surface area contributed by atoms with Crippen molar-refractivity contribution in [2.24, 2.45) is 17.4 Å². The van der Waals surface area contributed by atoms with Gasteiger partial charge in [-0.1, -0.05) is 13.8 Å². The van der Waals surface area contributed by atoms with Crippen LogP contribution >= 0.6 is 0 Å². The Bertz CT molecular complexity index is 453. The van der Waals surface area contributed by atoms with E-state index in [1.54, 1.807) is 11.9 Å². The number of aromatic nitrogens is 1. The normalized spacial score (nSPS) is 12.5. The van der Waals surface area contributed by atoms with Crippen LogP contribution in [0.4, 0.5) is 0 Å². The van der Waals surface area contributed by atoms with Gasteiger partial charge in [0, 0.05) is 25.8 Å². The lowest BCUT2D eigenvalue weighted by atomic mass is 10.0. The number of hydrogen-bond donors (Lipinski definition) is 3. The maximum absolute atomic E-state index is 12.1. The minimum Gasteiger partial charge on any atom is -0.366 e. The first-order valence-electron chi connectivity index (χ1n) is 6.32. The molecule has 1 rings (SSSR count). The number of carbonyl (C=O) groups excluding carboxylic acids is 2. The molecule has 106 valence electrons. The summed E-state index contributed by atoms with van der Waals surface area (Å²) in [5.41, 5.74) is 11.7. The van der Waals surface area contributed by atoms with E-state index in [1.165, 1.54) is 12.3 Å². The van der Waals surface area contributed by atoms with Crippen LogP contribution in [-0.4, -0.2) is 41.3 Å². The summed E-state index contributed by atoms with van der Waals surface area (Å²) < 4.78 is 0. The number of H-pyrrole nitrogens is 1. The van der Waals surface area contributed by atoms with Crippen LogP contribution in [0.3, 0.4) is 0 Å². The molecule has 0 aliphatic rings. The van der Waals surface area contributed by atoms with E-state index in [0.717, 1.165) is 6.42 Å². The third kappa shape index (κ3) is 4.10. The lowest BCUT2D eigenvalue weighted by Crippen LogP contribution is -2.34. The summed E-state index contributed by atoms with van der Waals surface area (Å²) in [7, 11) is 1.71. The first kappa shape index (κ1) is 15.2. The summed E-state index contributed by atoms with van der Waals surface area (Å²) in [6.07, 6.45) is 2.17. The number of rotatable bonds is 6. The van der Waals surface area contributed by atoms with E-state index in [0.29, 0.717) is 23.7 Å². The molecule has 1 aromatic heterocycles. The SMILES string of the molecule is CC(C)C(N)CCN(C)C(=O)c1cc(C(N)=O)c[nH]1. The van der Waals surface area contributed by atoms with Gasteiger partial charge < -0.3 is 21.4 Å². The topological polar surface area (TPSA) is 105 Å². The number of primary amides is 1. The number of nitrogens with one attached hydrogen (secondary N) is 1. The van der Waals surface area contributed by atoms with Crippen molar-refractivity contribution in [1.29, 1.82) is 0 Å². The second kappa shape index (κ2) is 6.38. The van der Waals surface area contributed by atoms with Gasteiger partial charge in [0.2, 0.25) is 5.91 Å². The standard InChI is InChI=1S/C13H22N4O2/c1-8(2)10(14)4-5-17(3)13(19)11-6-9(7-16-11)12(15)18/h6-8,10,16H,4-5,14H2,1-3H3,(H2,15,18). The second-order valence-electron chi connectivity index (χ2n) is 5.09. The number of amides is 2. The Morgan fingerprint density at radius 2 is 2.05 bits per heavy atom. The molecule has 0 fully saturated rings. The van der Waals surface area contributed by atoms with Crippen LogP contribution in [0.5, 0.6) is 0 Å². The molecule has 6 heteroatoms. The monoisotopic (exact) mass is 266 g/mol. The Hall–Kier alpha value is -1.82. The minimum absolute atomic E-state index is 0.0695. The van der Waals surface area contributed by atoms with Crippen molar-refractivity contribution in [1.82, 2.24) is 9.88 Å². The Balaban J connectivity index is 2.58. The summed E-state index contributed by atoms with van der Waals surface area (Å²) in [6, 6.07) is 1.53. The van der Waals surface area contributed by atoms with Crippen LogP contribution in [0.15, 0.2) is 12.3 Å². The van der Waals surface area contributed by atoms with Gasteiger partial charge in [0.15, 0.2) is 0 Å². The third-order valence-corrected chi connectivity index (χ3v) is 3.20. The third-order valence-electron chi connectivity index (χ3n) is 3.20. The van der Waals surface area contributed by atoms with Crippen LogP contribution in [0.2, 0.25) is 0 Å². The summed E-state index contributed by atoms with van der Waals surface area (Å²) in [5, 5.41) is 0. The van der Waals surface area contributed by atoms with E-state index in [4.69, 9.17) is 11.5 Å². The molecule has 0 aliphatic heterocycles. The largest absolute Gasteiger partial charge is 0.366 e. The predicted octanol–water partition coefficient (Wildman–Crippen LogP) is 0.559. The van der Waals surface area contributed by atoms with Gasteiger partial charge in [-0.15, -0.1) is 0 Å². The van der Waals surface area contributed by atoms with Crippen LogP contribution in [0, 0.1) is 5.92 Å². The smallest absolute Gasteiger partial charge is 0.270 e. The van der Waals surface area contributed by atoms with Crippen molar-refractivity contribution in [3.8, 4) is 0 Å². The summed E-state index contributed by atoms with van der Waals surface area (Å²) in [5.74, 6) is -0.348. The molecule has 0 bridgehead atoms. The zero-order valence-electron chi connectivity index (χ0n) is 11.6. The van der Waals surface area contributed by atoms with Gasteiger partial charge in [0.05, 0.1) is 5.56 Å². The molecule has 19 heavy (non-hydrogen) atoms. The Kier molecular flexibility index (Phi) is 5.11. The molecule has 0 spiro atoms.